The number of hydrogen-bond acceptors (Lipinski definition) is 6. The van der Waals surface area contributed by atoms with Crippen molar-refractivity contribution in [1.29, 1.82) is 0 Å². The summed E-state index contributed by atoms with van der Waals surface area (Å²) in [5.41, 5.74) is -0.599. The number of hydrogen-bond donors (Lipinski definition) is 0. The number of nitrogens with zero attached hydrogens (tertiary/aromatic N) is 3. The van der Waals surface area contributed by atoms with Crippen LogP contribution in [0.4, 0.5) is 0 Å². The van der Waals surface area contributed by atoms with Gasteiger partial charge in [-0.3, -0.25) is 14.4 Å². The molecule has 2 fully saturated rings. The number of esters is 1. The maximum Gasteiger partial charge on any atom is 0.307 e. The Morgan fingerprint density at radius 3 is 2.47 bits per heavy atom. The van der Waals surface area contributed by atoms with Gasteiger partial charge >= 0.3 is 5.97 Å². The lowest BCUT2D eigenvalue weighted by Crippen LogP contribution is -2.51. The maximum atomic E-state index is 13.4. The van der Waals surface area contributed by atoms with Gasteiger partial charge in [-0.1, -0.05) is 25.7 Å². The van der Waals surface area contributed by atoms with E-state index in [0.717, 1.165) is 25.7 Å². The van der Waals surface area contributed by atoms with E-state index >= 15 is 0 Å². The van der Waals surface area contributed by atoms with Gasteiger partial charge in [0.05, 0.1) is 25.6 Å². The van der Waals surface area contributed by atoms with E-state index in [-0.39, 0.29) is 24.2 Å². The Bertz CT molecular complexity index is 660. The Balaban J connectivity index is 1.70. The molecule has 0 bridgehead atoms. The summed E-state index contributed by atoms with van der Waals surface area (Å²) >= 11 is 0. The third-order valence-corrected chi connectivity index (χ3v) is 5.94. The SMILES string of the molecule is CC(C)(C)OC(=O)C[C@@H](CC1CCCC1)C(=O)N1N=CCC1C(=O)N1CCOCC1. The molecule has 2 atom stereocenters. The van der Waals surface area contributed by atoms with Crippen LogP contribution in [0.3, 0.4) is 0 Å². The number of carbonyl (C=O) groups is 3. The highest BCUT2D eigenvalue weighted by Gasteiger charge is 2.40. The van der Waals surface area contributed by atoms with E-state index in [1.165, 1.54) is 5.01 Å². The van der Waals surface area contributed by atoms with Crippen LogP contribution in [-0.2, 0) is 23.9 Å². The van der Waals surface area contributed by atoms with Gasteiger partial charge in [-0.05, 0) is 33.1 Å². The lowest BCUT2D eigenvalue weighted by Gasteiger charge is -2.33. The minimum absolute atomic E-state index is 0.0249. The number of morpholine rings is 1. The van der Waals surface area contributed by atoms with Crippen LogP contribution in [0.25, 0.3) is 0 Å². The minimum Gasteiger partial charge on any atom is -0.460 e. The van der Waals surface area contributed by atoms with Crippen molar-refractivity contribution in [2.24, 2.45) is 16.9 Å². The molecular weight excluding hydrogens is 386 g/mol. The summed E-state index contributed by atoms with van der Waals surface area (Å²) in [4.78, 5) is 40.7. The van der Waals surface area contributed by atoms with Crippen molar-refractivity contribution in [2.45, 2.75) is 77.4 Å². The van der Waals surface area contributed by atoms with Crippen LogP contribution in [0, 0.1) is 11.8 Å². The second-order valence-corrected chi connectivity index (χ2v) is 9.54. The molecule has 0 spiro atoms. The van der Waals surface area contributed by atoms with Crippen molar-refractivity contribution in [3.05, 3.63) is 0 Å². The third kappa shape index (κ3) is 6.03. The summed E-state index contributed by atoms with van der Waals surface area (Å²) in [6, 6.07) is -0.625. The highest BCUT2D eigenvalue weighted by Crippen LogP contribution is 2.33. The van der Waals surface area contributed by atoms with Crippen molar-refractivity contribution in [3.63, 3.8) is 0 Å². The zero-order valence-corrected chi connectivity index (χ0v) is 18.5. The van der Waals surface area contributed by atoms with Gasteiger partial charge in [0.1, 0.15) is 11.6 Å². The average molecular weight is 422 g/mol. The fourth-order valence-corrected chi connectivity index (χ4v) is 4.52. The lowest BCUT2D eigenvalue weighted by molar-refractivity contribution is -0.159. The van der Waals surface area contributed by atoms with Crippen molar-refractivity contribution in [3.8, 4) is 0 Å². The van der Waals surface area contributed by atoms with Crippen LogP contribution in [0.5, 0.6) is 0 Å². The molecule has 3 aliphatic rings. The van der Waals surface area contributed by atoms with Crippen LogP contribution >= 0.6 is 0 Å². The van der Waals surface area contributed by atoms with Gasteiger partial charge in [-0.25, -0.2) is 5.01 Å². The second-order valence-electron chi connectivity index (χ2n) is 9.54. The molecule has 1 unspecified atom stereocenters. The standard InChI is InChI=1S/C22H35N3O5/c1-22(2,3)30-19(26)15-17(14-16-6-4-5-7-16)20(27)25-18(8-9-23-25)21(28)24-10-12-29-13-11-24/h9,16-18H,4-8,10-15H2,1-3H3/t17-,18?/m1/s1. The molecule has 1 saturated heterocycles. The van der Waals surface area contributed by atoms with Gasteiger partial charge in [0, 0.05) is 25.7 Å². The Labute approximate surface area is 178 Å². The van der Waals surface area contributed by atoms with Gasteiger partial charge in [-0.2, -0.15) is 5.10 Å². The monoisotopic (exact) mass is 421 g/mol. The smallest absolute Gasteiger partial charge is 0.307 e. The molecule has 168 valence electrons. The molecule has 0 aromatic carbocycles. The van der Waals surface area contributed by atoms with Crippen molar-refractivity contribution >= 4 is 24.0 Å². The first-order chi connectivity index (χ1) is 14.2. The van der Waals surface area contributed by atoms with Crippen LogP contribution in [0.1, 0.15) is 65.7 Å². The second kappa shape index (κ2) is 9.90. The first kappa shape index (κ1) is 22.7. The van der Waals surface area contributed by atoms with Crippen molar-refractivity contribution in [2.75, 3.05) is 26.3 Å². The van der Waals surface area contributed by atoms with E-state index in [1.807, 2.05) is 20.8 Å². The first-order valence-corrected chi connectivity index (χ1v) is 11.2. The van der Waals surface area contributed by atoms with Gasteiger partial charge in [0.2, 0.25) is 11.8 Å². The fourth-order valence-electron chi connectivity index (χ4n) is 4.52. The van der Waals surface area contributed by atoms with Gasteiger partial charge in [0.25, 0.3) is 0 Å². The molecule has 30 heavy (non-hydrogen) atoms. The lowest BCUT2D eigenvalue weighted by atomic mass is 9.89. The fraction of sp³-hybridized carbons (Fsp3) is 0.818. The van der Waals surface area contributed by atoms with Crippen LogP contribution < -0.4 is 0 Å². The van der Waals surface area contributed by atoms with Crippen LogP contribution in [0.15, 0.2) is 5.10 Å². The molecule has 8 nitrogen and oxygen atoms in total. The molecular formula is C22H35N3O5. The Hall–Kier alpha value is -1.96. The Morgan fingerprint density at radius 1 is 1.17 bits per heavy atom. The predicted octanol–water partition coefficient (Wildman–Crippen LogP) is 2.36. The third-order valence-electron chi connectivity index (χ3n) is 5.94. The largest absolute Gasteiger partial charge is 0.460 e. The van der Waals surface area contributed by atoms with E-state index in [2.05, 4.69) is 5.10 Å². The average Bonchev–Trinajstić information content (AvgIpc) is 3.37. The minimum atomic E-state index is -0.625. The summed E-state index contributed by atoms with van der Waals surface area (Å²) in [6.07, 6.45) is 7.19. The molecule has 0 aromatic heterocycles. The number of hydrazone groups is 1. The molecule has 0 aromatic rings. The number of amides is 2. The van der Waals surface area contributed by atoms with Crippen LogP contribution in [0.2, 0.25) is 0 Å². The van der Waals surface area contributed by atoms with E-state index in [0.29, 0.717) is 45.1 Å². The quantitative estimate of drug-likeness (QED) is 0.615. The predicted molar refractivity (Wildman–Crippen MR) is 112 cm³/mol. The Kier molecular flexibility index (Phi) is 7.50. The van der Waals surface area contributed by atoms with E-state index in [4.69, 9.17) is 9.47 Å². The topological polar surface area (TPSA) is 88.5 Å². The highest BCUT2D eigenvalue weighted by atomic mass is 16.6. The number of ether oxygens (including phenoxy) is 2. The molecule has 8 heteroatoms. The highest BCUT2D eigenvalue weighted by molar-refractivity contribution is 5.93. The van der Waals surface area contributed by atoms with Crippen LogP contribution in [-0.4, -0.2) is 71.9 Å². The molecule has 2 amide bonds. The van der Waals surface area contributed by atoms with Crippen molar-refractivity contribution in [1.82, 2.24) is 9.91 Å². The zero-order chi connectivity index (χ0) is 21.7. The van der Waals surface area contributed by atoms with E-state index in [9.17, 15) is 14.4 Å². The molecule has 2 heterocycles. The van der Waals surface area contributed by atoms with Crippen molar-refractivity contribution < 1.29 is 23.9 Å². The summed E-state index contributed by atoms with van der Waals surface area (Å²) in [5.74, 6) is -0.799. The maximum absolute atomic E-state index is 13.4. The summed E-state index contributed by atoms with van der Waals surface area (Å²) < 4.78 is 10.8. The normalized spacial score (nSPS) is 23.6. The van der Waals surface area contributed by atoms with E-state index < -0.39 is 17.6 Å². The first-order valence-electron chi connectivity index (χ1n) is 11.2. The van der Waals surface area contributed by atoms with Gasteiger partial charge in [0.15, 0.2) is 0 Å². The molecule has 1 aliphatic carbocycles. The van der Waals surface area contributed by atoms with Gasteiger partial charge < -0.3 is 14.4 Å². The Morgan fingerprint density at radius 2 is 1.83 bits per heavy atom. The van der Waals surface area contributed by atoms with E-state index in [1.54, 1.807) is 11.1 Å². The molecule has 1 saturated carbocycles. The summed E-state index contributed by atoms with van der Waals surface area (Å²) in [7, 11) is 0. The molecule has 2 aliphatic heterocycles. The molecule has 0 N–H and O–H groups in total. The molecule has 0 radical (unpaired) electrons. The van der Waals surface area contributed by atoms with Gasteiger partial charge in [-0.15, -0.1) is 0 Å². The summed E-state index contributed by atoms with van der Waals surface area (Å²) in [6.45, 7) is 7.54. The number of carbonyl (C=O) groups excluding carboxylic acids is 3. The zero-order valence-electron chi connectivity index (χ0n) is 18.5. The number of rotatable bonds is 6. The summed E-state index contributed by atoms with van der Waals surface area (Å²) in [5, 5.41) is 5.56. The molecule has 3 rings (SSSR count).